The molecule has 0 aliphatic carbocycles. The van der Waals surface area contributed by atoms with Gasteiger partial charge in [-0.25, -0.2) is 0 Å². The van der Waals surface area contributed by atoms with Crippen LogP contribution >= 0.6 is 11.8 Å². The number of fused-ring (bicyclic) bond motifs is 1. The number of piperidine rings is 1. The van der Waals surface area contributed by atoms with Crippen LogP contribution in [0.5, 0.6) is 0 Å². The zero-order valence-electron chi connectivity index (χ0n) is 21.4. The lowest BCUT2D eigenvalue weighted by molar-refractivity contribution is -0.113. The average molecular weight is 512 g/mol. The molecule has 0 saturated carbocycles. The number of hydrogen-bond donors (Lipinski definition) is 0. The van der Waals surface area contributed by atoms with Crippen LogP contribution in [-0.4, -0.2) is 71.7 Å². The number of amides is 1. The van der Waals surface area contributed by atoms with Crippen molar-refractivity contribution in [3.8, 4) is 11.1 Å². The quantitative estimate of drug-likeness (QED) is 0.431. The molecule has 3 aliphatic rings. The Morgan fingerprint density at radius 1 is 0.892 bits per heavy atom. The standard InChI is InChI=1S/C30H33N5OS/c1-2-33-16-18-34(19-17-33)24-9-7-23(8-10-24)25-12-13-31-27-11-6-22(20-26(25)27)21-28-29(36)32-30(37-28)35-14-4-3-5-15-35/h6-13,20-21H,2-5,14-19H2,1H3. The number of carbonyl (C=O) groups excluding carboxylic acids is 1. The first kappa shape index (κ1) is 24.2. The van der Waals surface area contributed by atoms with Gasteiger partial charge in [0.15, 0.2) is 5.17 Å². The Hall–Kier alpha value is -3.16. The summed E-state index contributed by atoms with van der Waals surface area (Å²) in [4.78, 5) is 29.5. The van der Waals surface area contributed by atoms with Crippen LogP contribution in [-0.2, 0) is 4.79 Å². The summed E-state index contributed by atoms with van der Waals surface area (Å²) >= 11 is 1.51. The molecule has 1 aromatic heterocycles. The minimum absolute atomic E-state index is 0.132. The third-order valence-corrected chi connectivity index (χ3v) is 8.71. The summed E-state index contributed by atoms with van der Waals surface area (Å²) in [6.45, 7) is 9.73. The Morgan fingerprint density at radius 2 is 1.68 bits per heavy atom. The summed E-state index contributed by atoms with van der Waals surface area (Å²) in [6, 6.07) is 17.2. The van der Waals surface area contributed by atoms with E-state index in [1.165, 1.54) is 42.3 Å². The number of pyridine rings is 1. The van der Waals surface area contributed by atoms with Crippen molar-refractivity contribution in [2.45, 2.75) is 26.2 Å². The predicted molar refractivity (Wildman–Crippen MR) is 155 cm³/mol. The van der Waals surface area contributed by atoms with Gasteiger partial charge in [0.1, 0.15) is 0 Å². The Bertz CT molecular complexity index is 1350. The number of anilines is 1. The van der Waals surface area contributed by atoms with Gasteiger partial charge in [0.2, 0.25) is 0 Å². The molecule has 0 N–H and O–H groups in total. The highest BCUT2D eigenvalue weighted by atomic mass is 32.2. The van der Waals surface area contributed by atoms with Crippen LogP contribution in [0.2, 0.25) is 0 Å². The topological polar surface area (TPSA) is 52.0 Å². The molecule has 0 spiro atoms. The Kier molecular flexibility index (Phi) is 6.98. The minimum Gasteiger partial charge on any atom is -0.369 e. The molecule has 0 unspecified atom stereocenters. The largest absolute Gasteiger partial charge is 0.369 e. The van der Waals surface area contributed by atoms with Crippen molar-refractivity contribution in [1.82, 2.24) is 14.8 Å². The van der Waals surface area contributed by atoms with Crippen LogP contribution in [0.25, 0.3) is 28.1 Å². The molecule has 3 aromatic rings. The van der Waals surface area contributed by atoms with Gasteiger partial charge in [-0.2, -0.15) is 4.99 Å². The number of hydrogen-bond acceptors (Lipinski definition) is 6. The zero-order valence-corrected chi connectivity index (χ0v) is 22.2. The Morgan fingerprint density at radius 3 is 2.43 bits per heavy atom. The molecule has 4 heterocycles. The fourth-order valence-corrected chi connectivity index (χ4v) is 6.41. The minimum atomic E-state index is -0.132. The van der Waals surface area contributed by atoms with Crippen LogP contribution in [0.3, 0.4) is 0 Å². The van der Waals surface area contributed by atoms with Crippen LogP contribution in [0.4, 0.5) is 5.69 Å². The molecule has 2 saturated heterocycles. The van der Waals surface area contributed by atoms with Crippen LogP contribution < -0.4 is 4.90 Å². The maximum atomic E-state index is 12.7. The number of benzene rings is 2. The number of aromatic nitrogens is 1. The molecule has 7 heteroatoms. The second-order valence-electron chi connectivity index (χ2n) is 9.96. The first-order valence-corrected chi connectivity index (χ1v) is 14.2. The number of rotatable bonds is 4. The first-order chi connectivity index (χ1) is 18.2. The van der Waals surface area contributed by atoms with Gasteiger partial charge in [-0.1, -0.05) is 25.1 Å². The maximum Gasteiger partial charge on any atom is 0.286 e. The van der Waals surface area contributed by atoms with E-state index in [0.29, 0.717) is 4.91 Å². The monoisotopic (exact) mass is 511 g/mol. The van der Waals surface area contributed by atoms with Crippen molar-refractivity contribution in [3.63, 3.8) is 0 Å². The second-order valence-corrected chi connectivity index (χ2v) is 11.0. The van der Waals surface area contributed by atoms with E-state index in [-0.39, 0.29) is 5.91 Å². The summed E-state index contributed by atoms with van der Waals surface area (Å²) in [5.41, 5.74) is 5.57. The summed E-state index contributed by atoms with van der Waals surface area (Å²) in [7, 11) is 0. The van der Waals surface area contributed by atoms with Crippen LogP contribution in [0, 0.1) is 0 Å². The van der Waals surface area contributed by atoms with Gasteiger partial charge >= 0.3 is 0 Å². The van der Waals surface area contributed by atoms with E-state index in [9.17, 15) is 4.79 Å². The average Bonchev–Trinajstić information content (AvgIpc) is 3.33. The number of aliphatic imine (C=N–C) groups is 1. The van der Waals surface area contributed by atoms with E-state index >= 15 is 0 Å². The van der Waals surface area contributed by atoms with Gasteiger partial charge < -0.3 is 14.7 Å². The molecule has 37 heavy (non-hydrogen) atoms. The van der Waals surface area contributed by atoms with E-state index in [1.807, 2.05) is 24.4 Å². The van der Waals surface area contributed by atoms with Crippen molar-refractivity contribution in [1.29, 1.82) is 0 Å². The molecule has 6 nitrogen and oxygen atoms in total. The van der Waals surface area contributed by atoms with Gasteiger partial charge in [0.05, 0.1) is 10.4 Å². The van der Waals surface area contributed by atoms with E-state index in [2.05, 4.69) is 68.0 Å². The lowest BCUT2D eigenvalue weighted by Gasteiger charge is -2.35. The van der Waals surface area contributed by atoms with Crippen LogP contribution in [0.1, 0.15) is 31.7 Å². The van der Waals surface area contributed by atoms with Crippen molar-refractivity contribution in [2.75, 3.05) is 50.7 Å². The number of nitrogens with zero attached hydrogens (tertiary/aromatic N) is 5. The van der Waals surface area contributed by atoms with Crippen LogP contribution in [0.15, 0.2) is 64.6 Å². The second kappa shape index (κ2) is 10.7. The van der Waals surface area contributed by atoms with E-state index in [1.54, 1.807) is 0 Å². The van der Waals surface area contributed by atoms with Gasteiger partial charge in [0, 0.05) is 56.5 Å². The van der Waals surface area contributed by atoms with Crippen molar-refractivity contribution >= 4 is 45.5 Å². The lowest BCUT2D eigenvalue weighted by Crippen LogP contribution is -2.46. The number of thioether (sulfide) groups is 1. The molecule has 0 atom stereocenters. The molecule has 2 fully saturated rings. The van der Waals surface area contributed by atoms with Gasteiger partial charge in [-0.15, -0.1) is 0 Å². The number of likely N-dealkylation sites (tertiary alicyclic amines) is 1. The molecule has 190 valence electrons. The van der Waals surface area contributed by atoms with Crippen molar-refractivity contribution in [2.24, 2.45) is 4.99 Å². The SMILES string of the molecule is CCN1CCN(c2ccc(-c3ccnc4ccc(C=C5SC(N6CCCCC6)=NC5=O)cc34)cc2)CC1. The van der Waals surface area contributed by atoms with Crippen molar-refractivity contribution in [3.05, 3.63) is 65.2 Å². The highest BCUT2D eigenvalue weighted by molar-refractivity contribution is 8.18. The Labute approximate surface area is 223 Å². The normalized spacial score (nSPS) is 20.2. The number of likely N-dealkylation sites (N-methyl/N-ethyl adjacent to an activating group) is 1. The fraction of sp³-hybridized carbons (Fsp3) is 0.367. The first-order valence-electron chi connectivity index (χ1n) is 13.4. The van der Waals surface area contributed by atoms with E-state index < -0.39 is 0 Å². The molecule has 1 amide bonds. The number of amidine groups is 1. The number of piperazine rings is 1. The highest BCUT2D eigenvalue weighted by Gasteiger charge is 2.27. The predicted octanol–water partition coefficient (Wildman–Crippen LogP) is 5.50. The van der Waals surface area contributed by atoms with Crippen molar-refractivity contribution < 1.29 is 4.79 Å². The smallest absolute Gasteiger partial charge is 0.286 e. The summed E-state index contributed by atoms with van der Waals surface area (Å²) < 4.78 is 0. The molecular weight excluding hydrogens is 478 g/mol. The summed E-state index contributed by atoms with van der Waals surface area (Å²) in [6.07, 6.45) is 7.45. The highest BCUT2D eigenvalue weighted by Crippen LogP contribution is 2.34. The molecule has 3 aliphatic heterocycles. The van der Waals surface area contributed by atoms with Gasteiger partial charge in [-0.3, -0.25) is 9.78 Å². The maximum absolute atomic E-state index is 12.7. The fourth-order valence-electron chi connectivity index (χ4n) is 5.45. The van der Waals surface area contributed by atoms with Gasteiger partial charge in [-0.05, 0) is 90.7 Å². The third-order valence-electron chi connectivity index (χ3n) is 7.66. The van der Waals surface area contributed by atoms with E-state index in [0.717, 1.165) is 73.0 Å². The lowest BCUT2D eigenvalue weighted by atomic mass is 9.99. The number of carbonyl (C=O) groups is 1. The van der Waals surface area contributed by atoms with Gasteiger partial charge in [0.25, 0.3) is 5.91 Å². The molecule has 0 radical (unpaired) electrons. The Balaban J connectivity index is 1.24. The summed E-state index contributed by atoms with van der Waals surface area (Å²) in [5, 5.41) is 1.95. The molecule has 6 rings (SSSR count). The molecule has 2 aromatic carbocycles. The molecule has 0 bridgehead atoms. The zero-order chi connectivity index (χ0) is 25.2. The van der Waals surface area contributed by atoms with E-state index in [4.69, 9.17) is 0 Å². The summed E-state index contributed by atoms with van der Waals surface area (Å²) in [5.74, 6) is -0.132. The third kappa shape index (κ3) is 5.15. The molecular formula is C30H33N5OS.